The molecule has 0 radical (unpaired) electrons. The molecule has 0 saturated heterocycles. The molecule has 144 valence electrons. The summed E-state index contributed by atoms with van der Waals surface area (Å²) in [6, 6.07) is 13.1. The van der Waals surface area contributed by atoms with Crippen molar-refractivity contribution < 1.29 is 14.3 Å². The summed E-state index contributed by atoms with van der Waals surface area (Å²) in [4.78, 5) is 25.1. The molecule has 28 heavy (non-hydrogen) atoms. The maximum Gasteiger partial charge on any atom is 0.233 e. The lowest BCUT2D eigenvalue weighted by Crippen LogP contribution is -2.30. The predicted octanol–water partition coefficient (Wildman–Crippen LogP) is 3.43. The third-order valence-corrected chi connectivity index (χ3v) is 4.76. The summed E-state index contributed by atoms with van der Waals surface area (Å²) in [6.45, 7) is 3.90. The summed E-state index contributed by atoms with van der Waals surface area (Å²) in [5, 5.41) is 11.0. The van der Waals surface area contributed by atoms with E-state index in [0.717, 1.165) is 16.5 Å². The zero-order valence-electron chi connectivity index (χ0n) is 16.0. The number of nitrogens with one attached hydrogen (secondary N) is 2. The molecule has 2 amide bonds. The molecular weight excluding hydrogens is 356 g/mol. The first-order valence-corrected chi connectivity index (χ1v) is 9.26. The molecule has 1 aromatic heterocycles. The average molecular weight is 378 g/mol. The van der Waals surface area contributed by atoms with Crippen LogP contribution in [0.4, 0.5) is 11.5 Å². The fourth-order valence-corrected chi connectivity index (χ4v) is 3.57. The van der Waals surface area contributed by atoms with E-state index in [1.165, 1.54) is 0 Å². The van der Waals surface area contributed by atoms with Gasteiger partial charge in [0.2, 0.25) is 11.8 Å². The number of carbonyl (C=O) groups excluding carboxylic acids is 2. The number of ether oxygens (including phenoxy) is 1. The number of hydrogen-bond acceptors (Lipinski definition) is 4. The van der Waals surface area contributed by atoms with E-state index in [2.05, 4.69) is 15.7 Å². The molecule has 2 heterocycles. The Hall–Kier alpha value is -3.35. The smallest absolute Gasteiger partial charge is 0.233 e. The van der Waals surface area contributed by atoms with E-state index in [-0.39, 0.29) is 24.3 Å². The van der Waals surface area contributed by atoms with Gasteiger partial charge in [-0.3, -0.25) is 14.3 Å². The van der Waals surface area contributed by atoms with Gasteiger partial charge < -0.3 is 15.4 Å². The molecule has 0 bridgehead atoms. The van der Waals surface area contributed by atoms with Crippen molar-refractivity contribution in [3.63, 3.8) is 0 Å². The molecule has 4 rings (SSSR count). The molecule has 0 spiro atoms. The number of nitrogens with zero attached hydrogens (tertiary/aromatic N) is 2. The van der Waals surface area contributed by atoms with E-state index >= 15 is 0 Å². The number of hydrogen-bond donors (Lipinski definition) is 2. The van der Waals surface area contributed by atoms with Gasteiger partial charge in [-0.1, -0.05) is 24.3 Å². The highest BCUT2D eigenvalue weighted by Gasteiger charge is 2.31. The van der Waals surface area contributed by atoms with Gasteiger partial charge in [-0.05, 0) is 37.6 Å². The van der Waals surface area contributed by atoms with Gasteiger partial charge in [0.15, 0.2) is 5.82 Å². The van der Waals surface area contributed by atoms with Crippen LogP contribution in [0.25, 0.3) is 10.9 Å². The highest BCUT2D eigenvalue weighted by Crippen LogP contribution is 2.36. The molecule has 0 fully saturated rings. The minimum atomic E-state index is -0.569. The number of para-hydroxylation sites is 1. The number of carbonyl (C=O) groups is 2. The topological polar surface area (TPSA) is 85.2 Å². The van der Waals surface area contributed by atoms with Crippen molar-refractivity contribution in [2.24, 2.45) is 7.05 Å². The van der Waals surface area contributed by atoms with Crippen molar-refractivity contribution in [2.45, 2.75) is 32.3 Å². The Balaban J connectivity index is 1.71. The van der Waals surface area contributed by atoms with Gasteiger partial charge in [-0.15, -0.1) is 0 Å². The molecule has 1 atom stereocenters. The van der Waals surface area contributed by atoms with Crippen molar-refractivity contribution in [1.82, 2.24) is 9.78 Å². The fourth-order valence-electron chi connectivity index (χ4n) is 3.57. The Morgan fingerprint density at radius 3 is 2.82 bits per heavy atom. The number of aromatic nitrogens is 2. The highest BCUT2D eigenvalue weighted by molar-refractivity contribution is 6.08. The Kier molecular flexibility index (Phi) is 4.50. The Morgan fingerprint density at radius 2 is 2.04 bits per heavy atom. The molecule has 1 unspecified atom stereocenters. The van der Waals surface area contributed by atoms with Crippen LogP contribution in [0.1, 0.15) is 31.7 Å². The molecule has 7 heteroatoms. The molecule has 1 aliphatic heterocycles. The van der Waals surface area contributed by atoms with Crippen LogP contribution in [0, 0.1) is 0 Å². The van der Waals surface area contributed by atoms with Gasteiger partial charge in [0.25, 0.3) is 0 Å². The predicted molar refractivity (Wildman–Crippen MR) is 108 cm³/mol. The van der Waals surface area contributed by atoms with Gasteiger partial charge in [-0.2, -0.15) is 5.10 Å². The number of rotatable bonds is 4. The molecular formula is C21H22N4O3. The molecule has 3 aromatic rings. The average Bonchev–Trinajstić information content (AvgIpc) is 2.97. The van der Waals surface area contributed by atoms with Crippen LogP contribution >= 0.6 is 0 Å². The van der Waals surface area contributed by atoms with Crippen molar-refractivity contribution in [2.75, 3.05) is 10.6 Å². The highest BCUT2D eigenvalue weighted by atomic mass is 16.5. The Morgan fingerprint density at radius 1 is 1.25 bits per heavy atom. The fraction of sp³-hybridized carbons (Fsp3) is 0.286. The van der Waals surface area contributed by atoms with E-state index < -0.39 is 5.92 Å². The quantitative estimate of drug-likeness (QED) is 0.728. The third kappa shape index (κ3) is 3.19. The standard InChI is InChI=1S/C21H22N4O3/c1-12(2)28-17-10-6-9-16-19(17)20(24-25(16)3)23-21(27)14-11-18(26)22-15-8-5-4-7-13(14)15/h4-10,12,14H,11H2,1-3H3,(H,22,26)(H,23,24,27). The number of fused-ring (bicyclic) bond motifs is 2. The first-order chi connectivity index (χ1) is 13.4. The van der Waals surface area contributed by atoms with Crippen LogP contribution in [0.3, 0.4) is 0 Å². The Bertz CT molecular complexity index is 1070. The van der Waals surface area contributed by atoms with Crippen LogP contribution in [-0.2, 0) is 16.6 Å². The first-order valence-electron chi connectivity index (χ1n) is 9.26. The molecule has 2 aromatic carbocycles. The van der Waals surface area contributed by atoms with E-state index in [4.69, 9.17) is 4.74 Å². The van der Waals surface area contributed by atoms with Crippen molar-refractivity contribution in [3.8, 4) is 5.75 Å². The van der Waals surface area contributed by atoms with Crippen LogP contribution in [0.5, 0.6) is 5.75 Å². The summed E-state index contributed by atoms with van der Waals surface area (Å²) in [5.74, 6) is 0.0929. The number of benzene rings is 2. The number of aryl methyl sites for hydroxylation is 1. The lowest BCUT2D eigenvalue weighted by atomic mass is 9.90. The molecule has 0 aliphatic carbocycles. The van der Waals surface area contributed by atoms with Crippen molar-refractivity contribution >= 4 is 34.2 Å². The van der Waals surface area contributed by atoms with Gasteiger partial charge in [0, 0.05) is 19.2 Å². The molecule has 7 nitrogen and oxygen atoms in total. The SMILES string of the molecule is CC(C)Oc1cccc2c1c(NC(=O)C1CC(=O)Nc3ccccc31)nn2C. The monoisotopic (exact) mass is 378 g/mol. The summed E-state index contributed by atoms with van der Waals surface area (Å²) in [6.07, 6.45) is 0.0893. The lowest BCUT2D eigenvalue weighted by molar-refractivity contribution is -0.123. The van der Waals surface area contributed by atoms with Gasteiger partial charge in [0.05, 0.1) is 22.9 Å². The van der Waals surface area contributed by atoms with Gasteiger partial charge >= 0.3 is 0 Å². The number of amides is 2. The zero-order chi connectivity index (χ0) is 19.8. The maximum atomic E-state index is 13.1. The summed E-state index contributed by atoms with van der Waals surface area (Å²) in [5.41, 5.74) is 2.34. The maximum absolute atomic E-state index is 13.1. The van der Waals surface area contributed by atoms with Gasteiger partial charge in [-0.25, -0.2) is 0 Å². The number of anilines is 2. The largest absolute Gasteiger partial charge is 0.490 e. The molecule has 2 N–H and O–H groups in total. The Labute approximate surface area is 162 Å². The summed E-state index contributed by atoms with van der Waals surface area (Å²) < 4.78 is 7.62. The lowest BCUT2D eigenvalue weighted by Gasteiger charge is -2.24. The van der Waals surface area contributed by atoms with E-state index in [1.54, 1.807) is 10.7 Å². The normalized spacial score (nSPS) is 16.0. The molecule has 0 saturated carbocycles. The van der Waals surface area contributed by atoms with Crippen molar-refractivity contribution in [3.05, 3.63) is 48.0 Å². The minimum absolute atomic E-state index is 0.0109. The second-order valence-electron chi connectivity index (χ2n) is 7.17. The summed E-state index contributed by atoms with van der Waals surface area (Å²) in [7, 11) is 1.82. The van der Waals surface area contributed by atoms with Crippen LogP contribution in [0.15, 0.2) is 42.5 Å². The summed E-state index contributed by atoms with van der Waals surface area (Å²) >= 11 is 0. The van der Waals surface area contributed by atoms with Crippen molar-refractivity contribution in [1.29, 1.82) is 0 Å². The van der Waals surface area contributed by atoms with Crippen LogP contribution in [0.2, 0.25) is 0 Å². The second kappa shape index (κ2) is 6.99. The zero-order valence-corrected chi connectivity index (χ0v) is 16.0. The first kappa shape index (κ1) is 18.0. The van der Waals surface area contributed by atoms with E-state index in [9.17, 15) is 9.59 Å². The second-order valence-corrected chi connectivity index (χ2v) is 7.17. The third-order valence-electron chi connectivity index (χ3n) is 4.76. The van der Waals surface area contributed by atoms with Crippen LogP contribution in [-0.4, -0.2) is 27.7 Å². The van der Waals surface area contributed by atoms with Gasteiger partial charge in [0.1, 0.15) is 5.75 Å². The van der Waals surface area contributed by atoms with E-state index in [1.807, 2.05) is 57.3 Å². The van der Waals surface area contributed by atoms with Crippen LogP contribution < -0.4 is 15.4 Å². The minimum Gasteiger partial charge on any atom is -0.490 e. The molecule has 1 aliphatic rings. The van der Waals surface area contributed by atoms with E-state index in [0.29, 0.717) is 17.3 Å².